The van der Waals surface area contributed by atoms with E-state index in [9.17, 15) is 0 Å². The van der Waals surface area contributed by atoms with Gasteiger partial charge in [-0.2, -0.15) is 0 Å². The standard InChI is InChI=1S/C38H38/c1-29-3-7-35(8-4-29)27-37-23-19-33(20-24-37)17-15-31-11-13-32(14-12-31)16-18-34-21-25-38(26-22-34)28-36-9-5-30(2)6-10-36/h3-14,19-26H,15-18,27-28H2,1-2H3. The minimum Gasteiger partial charge on any atom is -0.0590 e. The van der Waals surface area contributed by atoms with E-state index in [1.165, 1.54) is 55.6 Å². The summed E-state index contributed by atoms with van der Waals surface area (Å²) in [6, 6.07) is 45.3. The Hall–Kier alpha value is -3.90. The van der Waals surface area contributed by atoms with Gasteiger partial charge in [-0.25, -0.2) is 0 Å². The molecule has 0 fully saturated rings. The van der Waals surface area contributed by atoms with Gasteiger partial charge in [-0.05, 0) is 96.9 Å². The summed E-state index contributed by atoms with van der Waals surface area (Å²) in [4.78, 5) is 0. The normalized spacial score (nSPS) is 11.0. The van der Waals surface area contributed by atoms with Crippen molar-refractivity contribution in [3.8, 4) is 0 Å². The number of rotatable bonds is 10. The largest absolute Gasteiger partial charge is 0.0590 e. The van der Waals surface area contributed by atoms with E-state index in [1.807, 2.05) is 0 Å². The summed E-state index contributed by atoms with van der Waals surface area (Å²) < 4.78 is 0. The molecule has 0 heteroatoms. The minimum absolute atomic E-state index is 1.000. The van der Waals surface area contributed by atoms with Gasteiger partial charge in [-0.3, -0.25) is 0 Å². The van der Waals surface area contributed by atoms with Gasteiger partial charge < -0.3 is 0 Å². The van der Waals surface area contributed by atoms with Crippen molar-refractivity contribution in [2.45, 2.75) is 52.4 Å². The van der Waals surface area contributed by atoms with Gasteiger partial charge in [0.1, 0.15) is 0 Å². The molecule has 0 saturated heterocycles. The molecule has 0 atom stereocenters. The fourth-order valence-electron chi connectivity index (χ4n) is 4.98. The first-order valence-electron chi connectivity index (χ1n) is 13.9. The number of hydrogen-bond donors (Lipinski definition) is 0. The maximum absolute atomic E-state index is 2.31. The van der Waals surface area contributed by atoms with Crippen LogP contribution in [0.25, 0.3) is 0 Å². The van der Waals surface area contributed by atoms with Crippen LogP contribution >= 0.6 is 0 Å². The predicted molar refractivity (Wildman–Crippen MR) is 162 cm³/mol. The Labute approximate surface area is 229 Å². The number of benzene rings is 5. The van der Waals surface area contributed by atoms with Crippen molar-refractivity contribution in [1.82, 2.24) is 0 Å². The van der Waals surface area contributed by atoms with Crippen molar-refractivity contribution in [3.63, 3.8) is 0 Å². The van der Waals surface area contributed by atoms with Crippen LogP contribution in [0.4, 0.5) is 0 Å². The summed E-state index contributed by atoms with van der Waals surface area (Å²) in [5.41, 5.74) is 13.8. The summed E-state index contributed by atoms with van der Waals surface area (Å²) in [5, 5.41) is 0. The van der Waals surface area contributed by atoms with E-state index in [2.05, 4.69) is 135 Å². The first-order chi connectivity index (χ1) is 18.6. The molecule has 0 saturated carbocycles. The SMILES string of the molecule is Cc1ccc(Cc2ccc(CCc3ccc(CCc4ccc(Cc5ccc(C)cc5)cc4)cc3)cc2)cc1. The Morgan fingerprint density at radius 1 is 0.263 bits per heavy atom. The van der Waals surface area contributed by atoms with Crippen LogP contribution in [0.2, 0.25) is 0 Å². The fourth-order valence-corrected chi connectivity index (χ4v) is 4.98. The van der Waals surface area contributed by atoms with Crippen molar-refractivity contribution in [1.29, 1.82) is 0 Å². The topological polar surface area (TPSA) is 0 Å². The van der Waals surface area contributed by atoms with Crippen LogP contribution in [0.1, 0.15) is 55.6 Å². The third-order valence-electron chi connectivity index (χ3n) is 7.53. The molecule has 0 spiro atoms. The monoisotopic (exact) mass is 494 g/mol. The maximum Gasteiger partial charge on any atom is -0.00258 e. The molecule has 0 nitrogen and oxygen atoms in total. The van der Waals surface area contributed by atoms with Gasteiger partial charge in [0.2, 0.25) is 0 Å². The molecule has 0 radical (unpaired) electrons. The lowest BCUT2D eigenvalue weighted by molar-refractivity contribution is 0.938. The number of aryl methyl sites for hydroxylation is 6. The zero-order valence-corrected chi connectivity index (χ0v) is 22.8. The molecule has 190 valence electrons. The highest BCUT2D eigenvalue weighted by molar-refractivity contribution is 5.33. The molecule has 0 amide bonds. The van der Waals surface area contributed by atoms with Crippen LogP contribution in [0.3, 0.4) is 0 Å². The van der Waals surface area contributed by atoms with Gasteiger partial charge in [-0.15, -0.1) is 0 Å². The first kappa shape index (κ1) is 25.7. The van der Waals surface area contributed by atoms with Crippen molar-refractivity contribution >= 4 is 0 Å². The zero-order chi connectivity index (χ0) is 26.2. The third kappa shape index (κ3) is 7.56. The zero-order valence-electron chi connectivity index (χ0n) is 22.8. The van der Waals surface area contributed by atoms with E-state index in [-0.39, 0.29) is 0 Å². The molecular weight excluding hydrogens is 456 g/mol. The molecule has 5 aromatic carbocycles. The van der Waals surface area contributed by atoms with Crippen LogP contribution in [0.15, 0.2) is 121 Å². The van der Waals surface area contributed by atoms with E-state index in [0.29, 0.717) is 0 Å². The average Bonchev–Trinajstić information content (AvgIpc) is 2.95. The summed E-state index contributed by atoms with van der Waals surface area (Å²) in [5.74, 6) is 0. The van der Waals surface area contributed by atoms with E-state index in [1.54, 1.807) is 0 Å². The van der Waals surface area contributed by atoms with E-state index in [0.717, 1.165) is 38.5 Å². The first-order valence-corrected chi connectivity index (χ1v) is 13.9. The third-order valence-corrected chi connectivity index (χ3v) is 7.53. The lowest BCUT2D eigenvalue weighted by Gasteiger charge is -2.08. The molecule has 0 aliphatic carbocycles. The van der Waals surface area contributed by atoms with Gasteiger partial charge >= 0.3 is 0 Å². The maximum atomic E-state index is 2.31. The molecule has 5 rings (SSSR count). The second kappa shape index (κ2) is 12.6. The van der Waals surface area contributed by atoms with Gasteiger partial charge in [0.15, 0.2) is 0 Å². The summed E-state index contributed by atoms with van der Waals surface area (Å²) >= 11 is 0. The highest BCUT2D eigenvalue weighted by Gasteiger charge is 2.02. The molecule has 0 aromatic heterocycles. The molecule has 0 heterocycles. The molecular formula is C38H38. The summed E-state index contributed by atoms with van der Waals surface area (Å²) in [6.45, 7) is 4.28. The molecule has 0 N–H and O–H groups in total. The van der Waals surface area contributed by atoms with Crippen LogP contribution in [0, 0.1) is 13.8 Å². The molecule has 0 aliphatic heterocycles. The lowest BCUT2D eigenvalue weighted by Crippen LogP contribution is -1.95. The van der Waals surface area contributed by atoms with Gasteiger partial charge in [-0.1, -0.05) is 132 Å². The van der Waals surface area contributed by atoms with Crippen molar-refractivity contribution in [2.24, 2.45) is 0 Å². The molecule has 38 heavy (non-hydrogen) atoms. The van der Waals surface area contributed by atoms with Crippen LogP contribution in [-0.2, 0) is 38.5 Å². The Bertz CT molecular complexity index is 1290. The van der Waals surface area contributed by atoms with Crippen molar-refractivity contribution in [3.05, 3.63) is 177 Å². The highest BCUT2D eigenvalue weighted by atomic mass is 14.1. The van der Waals surface area contributed by atoms with E-state index in [4.69, 9.17) is 0 Å². The lowest BCUT2D eigenvalue weighted by atomic mass is 9.98. The molecule has 5 aromatic rings. The molecule has 0 unspecified atom stereocenters. The average molecular weight is 495 g/mol. The summed E-state index contributed by atoms with van der Waals surface area (Å²) in [7, 11) is 0. The van der Waals surface area contributed by atoms with Gasteiger partial charge in [0.25, 0.3) is 0 Å². The quantitative estimate of drug-likeness (QED) is 0.182. The van der Waals surface area contributed by atoms with Gasteiger partial charge in [0, 0.05) is 0 Å². The molecule has 0 aliphatic rings. The van der Waals surface area contributed by atoms with Crippen LogP contribution in [0.5, 0.6) is 0 Å². The summed E-state index contributed by atoms with van der Waals surface area (Å²) in [6.07, 6.45) is 6.33. The second-order valence-corrected chi connectivity index (χ2v) is 10.8. The smallest absolute Gasteiger partial charge is 0.00258 e. The minimum atomic E-state index is 1.000. The van der Waals surface area contributed by atoms with Crippen molar-refractivity contribution < 1.29 is 0 Å². The van der Waals surface area contributed by atoms with Crippen LogP contribution in [-0.4, -0.2) is 0 Å². The predicted octanol–water partition coefficient (Wildman–Crippen LogP) is 9.06. The van der Waals surface area contributed by atoms with Crippen LogP contribution < -0.4 is 0 Å². The Kier molecular flexibility index (Phi) is 8.51. The Balaban J connectivity index is 1.06. The highest BCUT2D eigenvalue weighted by Crippen LogP contribution is 2.16. The van der Waals surface area contributed by atoms with E-state index >= 15 is 0 Å². The Morgan fingerprint density at radius 2 is 0.447 bits per heavy atom. The molecule has 0 bridgehead atoms. The Morgan fingerprint density at radius 3 is 0.684 bits per heavy atom. The number of hydrogen-bond acceptors (Lipinski definition) is 0. The van der Waals surface area contributed by atoms with Crippen molar-refractivity contribution in [2.75, 3.05) is 0 Å². The van der Waals surface area contributed by atoms with Gasteiger partial charge in [0.05, 0.1) is 0 Å². The van der Waals surface area contributed by atoms with E-state index < -0.39 is 0 Å². The second-order valence-electron chi connectivity index (χ2n) is 10.8. The fraction of sp³-hybridized carbons (Fsp3) is 0.211.